The van der Waals surface area contributed by atoms with E-state index < -0.39 is 16.0 Å². The average Bonchev–Trinajstić information content (AvgIpc) is 3.47. The lowest BCUT2D eigenvalue weighted by Crippen LogP contribution is -2.16. The molecule has 0 aliphatic carbocycles. The van der Waals surface area contributed by atoms with Crippen LogP contribution in [0.3, 0.4) is 0 Å². The SMILES string of the molecule is COC(=O)c1ccc(S(=O)(=O)Nc2cc(C)nn2-c2nc(-c3ccco3)cs2)cc1. The second-order valence-corrected chi connectivity index (χ2v) is 8.72. The van der Waals surface area contributed by atoms with Gasteiger partial charge >= 0.3 is 5.97 Å². The van der Waals surface area contributed by atoms with Gasteiger partial charge in [-0.1, -0.05) is 0 Å². The summed E-state index contributed by atoms with van der Waals surface area (Å²) in [5.74, 6) is 0.302. The molecule has 4 rings (SSSR count). The van der Waals surface area contributed by atoms with Gasteiger partial charge in [-0.3, -0.25) is 4.72 Å². The van der Waals surface area contributed by atoms with Crippen LogP contribution in [-0.4, -0.2) is 36.3 Å². The van der Waals surface area contributed by atoms with E-state index in [2.05, 4.69) is 19.5 Å². The zero-order valence-electron chi connectivity index (χ0n) is 15.9. The smallest absolute Gasteiger partial charge is 0.337 e. The summed E-state index contributed by atoms with van der Waals surface area (Å²) in [6.45, 7) is 1.75. The third-order valence-electron chi connectivity index (χ3n) is 4.10. The molecule has 9 nitrogen and oxygen atoms in total. The predicted octanol–water partition coefficient (Wildman–Crippen LogP) is 3.48. The topological polar surface area (TPSA) is 116 Å². The summed E-state index contributed by atoms with van der Waals surface area (Å²) in [7, 11) is -2.66. The van der Waals surface area contributed by atoms with E-state index in [0.717, 1.165) is 0 Å². The van der Waals surface area contributed by atoms with Gasteiger partial charge in [-0.25, -0.2) is 18.2 Å². The van der Waals surface area contributed by atoms with Crippen LogP contribution >= 0.6 is 11.3 Å². The summed E-state index contributed by atoms with van der Waals surface area (Å²) in [6.07, 6.45) is 1.55. The number of nitrogens with zero attached hydrogens (tertiary/aromatic N) is 3. The predicted molar refractivity (Wildman–Crippen MR) is 110 cm³/mol. The normalized spacial score (nSPS) is 11.4. The van der Waals surface area contributed by atoms with E-state index in [9.17, 15) is 13.2 Å². The van der Waals surface area contributed by atoms with Crippen molar-refractivity contribution in [3.05, 3.63) is 65.4 Å². The van der Waals surface area contributed by atoms with Crippen molar-refractivity contribution in [3.8, 4) is 16.6 Å². The number of carbonyl (C=O) groups is 1. The fraction of sp³-hybridized carbons (Fsp3) is 0.105. The first-order chi connectivity index (χ1) is 14.4. The second-order valence-electron chi connectivity index (χ2n) is 6.20. The van der Waals surface area contributed by atoms with Crippen molar-refractivity contribution in [1.29, 1.82) is 0 Å². The van der Waals surface area contributed by atoms with Gasteiger partial charge in [-0.15, -0.1) is 11.3 Å². The molecule has 30 heavy (non-hydrogen) atoms. The van der Waals surface area contributed by atoms with E-state index in [1.165, 1.54) is 47.4 Å². The number of anilines is 1. The number of carbonyl (C=O) groups excluding carboxylic acids is 1. The fourth-order valence-corrected chi connectivity index (χ4v) is 4.51. The lowest BCUT2D eigenvalue weighted by molar-refractivity contribution is 0.0600. The molecule has 0 aliphatic rings. The maximum atomic E-state index is 12.8. The molecule has 0 saturated carbocycles. The first-order valence-corrected chi connectivity index (χ1v) is 11.0. The lowest BCUT2D eigenvalue weighted by atomic mass is 10.2. The summed E-state index contributed by atoms with van der Waals surface area (Å²) in [5.41, 5.74) is 1.49. The van der Waals surface area contributed by atoms with E-state index in [4.69, 9.17) is 4.42 Å². The molecule has 0 fully saturated rings. The van der Waals surface area contributed by atoms with Crippen LogP contribution in [0, 0.1) is 6.92 Å². The Morgan fingerprint density at radius 2 is 2.00 bits per heavy atom. The van der Waals surface area contributed by atoms with Crippen LogP contribution < -0.4 is 4.72 Å². The Balaban J connectivity index is 1.63. The maximum absolute atomic E-state index is 12.8. The van der Waals surface area contributed by atoms with E-state index in [1.807, 2.05) is 0 Å². The van der Waals surface area contributed by atoms with E-state index >= 15 is 0 Å². The Morgan fingerprint density at radius 3 is 2.67 bits per heavy atom. The molecule has 0 atom stereocenters. The van der Waals surface area contributed by atoms with Crippen LogP contribution in [0.15, 0.2) is 63.4 Å². The van der Waals surface area contributed by atoms with Gasteiger partial charge in [0.2, 0.25) is 5.13 Å². The highest BCUT2D eigenvalue weighted by molar-refractivity contribution is 7.92. The minimum absolute atomic E-state index is 0.00373. The summed E-state index contributed by atoms with van der Waals surface area (Å²) >= 11 is 1.30. The number of nitrogens with one attached hydrogen (secondary N) is 1. The van der Waals surface area contributed by atoms with Crippen LogP contribution in [0.1, 0.15) is 16.1 Å². The van der Waals surface area contributed by atoms with Gasteiger partial charge in [0.1, 0.15) is 11.5 Å². The summed E-state index contributed by atoms with van der Waals surface area (Å²) in [4.78, 5) is 16.0. The number of hydrogen-bond acceptors (Lipinski definition) is 8. The van der Waals surface area contributed by atoms with E-state index in [-0.39, 0.29) is 16.3 Å². The quantitative estimate of drug-likeness (QED) is 0.453. The Morgan fingerprint density at radius 1 is 1.23 bits per heavy atom. The van der Waals surface area contributed by atoms with Crippen molar-refractivity contribution in [2.24, 2.45) is 0 Å². The second kappa shape index (κ2) is 7.76. The van der Waals surface area contributed by atoms with Gasteiger partial charge in [0.15, 0.2) is 5.76 Å². The molecule has 0 amide bonds. The first-order valence-electron chi connectivity index (χ1n) is 8.65. The molecule has 3 heterocycles. The monoisotopic (exact) mass is 444 g/mol. The van der Waals surface area contributed by atoms with Crippen LogP contribution in [0.5, 0.6) is 0 Å². The molecule has 0 spiro atoms. The zero-order chi connectivity index (χ0) is 21.3. The number of ether oxygens (including phenoxy) is 1. The van der Waals surface area contributed by atoms with Crippen LogP contribution in [0.4, 0.5) is 5.82 Å². The van der Waals surface area contributed by atoms with Gasteiger partial charge < -0.3 is 9.15 Å². The standard InChI is InChI=1S/C19H16N4O5S2/c1-12-10-17(22-30(25,26)14-7-5-13(6-8-14)18(24)27-2)23(21-12)19-20-15(11-29-19)16-4-3-9-28-16/h3-11,22H,1-2H3. The Labute approximate surface area is 176 Å². The number of thiazole rings is 1. The summed E-state index contributed by atoms with van der Waals surface area (Å²) < 4.78 is 39.6. The minimum atomic E-state index is -3.92. The molecule has 154 valence electrons. The molecular weight excluding hydrogens is 428 g/mol. The van der Waals surface area contributed by atoms with Crippen LogP contribution in [-0.2, 0) is 14.8 Å². The average molecular weight is 444 g/mol. The number of rotatable bonds is 6. The Kier molecular flexibility index (Phi) is 5.14. The first kappa shape index (κ1) is 19.9. The highest BCUT2D eigenvalue weighted by atomic mass is 32.2. The van der Waals surface area contributed by atoms with Crippen molar-refractivity contribution in [3.63, 3.8) is 0 Å². The number of aromatic nitrogens is 3. The van der Waals surface area contributed by atoms with Crippen molar-refractivity contribution in [2.45, 2.75) is 11.8 Å². The van der Waals surface area contributed by atoms with Crippen LogP contribution in [0.2, 0.25) is 0 Å². The lowest BCUT2D eigenvalue weighted by Gasteiger charge is -2.09. The molecular formula is C19H16N4O5S2. The molecule has 0 bridgehead atoms. The van der Waals surface area contributed by atoms with Crippen molar-refractivity contribution >= 4 is 33.1 Å². The number of methoxy groups -OCH3 is 1. The van der Waals surface area contributed by atoms with Crippen molar-refractivity contribution < 1.29 is 22.4 Å². The van der Waals surface area contributed by atoms with E-state index in [0.29, 0.717) is 22.3 Å². The van der Waals surface area contributed by atoms with Gasteiger partial charge in [-0.2, -0.15) is 9.78 Å². The largest absolute Gasteiger partial charge is 0.465 e. The maximum Gasteiger partial charge on any atom is 0.337 e. The van der Waals surface area contributed by atoms with Gasteiger partial charge in [0.05, 0.1) is 29.5 Å². The van der Waals surface area contributed by atoms with Gasteiger partial charge in [0, 0.05) is 11.4 Å². The van der Waals surface area contributed by atoms with Crippen molar-refractivity contribution in [1.82, 2.24) is 14.8 Å². The van der Waals surface area contributed by atoms with Gasteiger partial charge in [-0.05, 0) is 43.3 Å². The molecule has 0 unspecified atom stereocenters. The summed E-state index contributed by atoms with van der Waals surface area (Å²) in [6, 6.07) is 10.6. The molecule has 1 aromatic carbocycles. The molecule has 0 aliphatic heterocycles. The Bertz CT molecular complexity index is 1290. The number of benzene rings is 1. The minimum Gasteiger partial charge on any atom is -0.465 e. The highest BCUT2D eigenvalue weighted by Crippen LogP contribution is 2.27. The molecule has 4 aromatic rings. The number of hydrogen-bond donors (Lipinski definition) is 1. The Hall–Kier alpha value is -3.44. The number of esters is 1. The third-order valence-corrected chi connectivity index (χ3v) is 6.29. The zero-order valence-corrected chi connectivity index (χ0v) is 17.5. The molecule has 0 saturated heterocycles. The number of furan rings is 1. The molecule has 1 N–H and O–H groups in total. The number of aryl methyl sites for hydroxylation is 1. The molecule has 11 heteroatoms. The van der Waals surface area contributed by atoms with E-state index in [1.54, 1.807) is 36.8 Å². The molecule has 3 aromatic heterocycles. The molecule has 0 radical (unpaired) electrons. The van der Waals surface area contributed by atoms with Crippen LogP contribution in [0.25, 0.3) is 16.6 Å². The number of sulfonamides is 1. The van der Waals surface area contributed by atoms with Crippen molar-refractivity contribution in [2.75, 3.05) is 11.8 Å². The summed E-state index contributed by atoms with van der Waals surface area (Å²) in [5, 5.41) is 6.63. The fourth-order valence-electron chi connectivity index (χ4n) is 2.70. The van der Waals surface area contributed by atoms with Gasteiger partial charge in [0.25, 0.3) is 10.0 Å². The highest BCUT2D eigenvalue weighted by Gasteiger charge is 2.20. The third kappa shape index (κ3) is 3.84.